The van der Waals surface area contributed by atoms with Gasteiger partial charge in [-0.05, 0) is 104 Å². The molecular weight excluding hydrogens is 935 g/mol. The highest BCUT2D eigenvalue weighted by Gasteiger charge is 2.23. The lowest BCUT2D eigenvalue weighted by atomic mass is 9.99. The third-order valence-corrected chi connectivity index (χ3v) is 15.9. The summed E-state index contributed by atoms with van der Waals surface area (Å²) in [5, 5.41) is 11.8. The third kappa shape index (κ3) is 6.74. The van der Waals surface area contributed by atoms with Crippen LogP contribution in [0.5, 0.6) is 0 Å². The van der Waals surface area contributed by atoms with E-state index in [1.165, 1.54) is 65.6 Å². The summed E-state index contributed by atoms with van der Waals surface area (Å²) in [6, 6.07) is 98.8. The Hall–Kier alpha value is -10.4. The van der Waals surface area contributed by atoms with Crippen molar-refractivity contribution >= 4 is 87.0 Å². The van der Waals surface area contributed by atoms with Crippen molar-refractivity contribution in [2.75, 3.05) is 0 Å². The Morgan fingerprint density at radius 2 is 0.662 bits per heavy atom. The van der Waals surface area contributed by atoms with Gasteiger partial charge in [0.2, 0.25) is 5.95 Å². The molecule has 0 radical (unpaired) electrons. The number of hydrogen-bond acceptors (Lipinski definition) is 2. The van der Waals surface area contributed by atoms with Gasteiger partial charge in [0.25, 0.3) is 0 Å². The van der Waals surface area contributed by atoms with Gasteiger partial charge in [-0.1, -0.05) is 212 Å². The normalized spacial score (nSPS) is 11.9. The fourth-order valence-corrected chi connectivity index (χ4v) is 12.4. The summed E-state index contributed by atoms with van der Waals surface area (Å²) in [4.78, 5) is 11.1. The van der Waals surface area contributed by atoms with Crippen molar-refractivity contribution in [2.24, 2.45) is 0 Å². The van der Waals surface area contributed by atoms with Crippen LogP contribution in [-0.4, -0.2) is 23.7 Å². The summed E-state index contributed by atoms with van der Waals surface area (Å²) in [5.74, 6) is 0.617. The molecule has 0 atom stereocenters. The number of fused-ring (bicyclic) bond motifs is 12. The van der Waals surface area contributed by atoms with Crippen molar-refractivity contribution in [1.82, 2.24) is 23.7 Å². The molecule has 0 spiro atoms. The quantitative estimate of drug-likeness (QED) is 0.160. The Morgan fingerprint density at radius 1 is 0.234 bits per heavy atom. The first-order valence-corrected chi connectivity index (χ1v) is 26.3. The van der Waals surface area contributed by atoms with Crippen molar-refractivity contribution in [2.45, 2.75) is 0 Å². The van der Waals surface area contributed by atoms with Gasteiger partial charge in [-0.15, -0.1) is 0 Å². The molecule has 16 rings (SSSR count). The number of hydrogen-bond donors (Lipinski definition) is 0. The van der Waals surface area contributed by atoms with Crippen LogP contribution in [-0.2, 0) is 0 Å². The molecule has 5 heteroatoms. The van der Waals surface area contributed by atoms with Crippen molar-refractivity contribution < 1.29 is 0 Å². The first-order chi connectivity index (χ1) is 38.2. The smallest absolute Gasteiger partial charge is 0.235 e. The molecule has 0 fully saturated rings. The van der Waals surface area contributed by atoms with E-state index >= 15 is 0 Å². The highest BCUT2D eigenvalue weighted by molar-refractivity contribution is 6.29. The highest BCUT2D eigenvalue weighted by atomic mass is 15.2. The highest BCUT2D eigenvalue weighted by Crippen LogP contribution is 2.44. The molecule has 0 aliphatic rings. The zero-order valence-electron chi connectivity index (χ0n) is 41.7. The van der Waals surface area contributed by atoms with Gasteiger partial charge in [0.15, 0.2) is 0 Å². The molecule has 4 heterocycles. The first kappa shape index (κ1) is 43.1. The molecule has 77 heavy (non-hydrogen) atoms. The molecule has 12 aromatic carbocycles. The van der Waals surface area contributed by atoms with Gasteiger partial charge >= 0.3 is 0 Å². The fraction of sp³-hybridized carbons (Fsp3) is 0. The summed E-state index contributed by atoms with van der Waals surface area (Å²) in [7, 11) is 0. The number of benzene rings is 12. The van der Waals surface area contributed by atoms with Crippen molar-refractivity contribution in [3.8, 4) is 62.1 Å². The van der Waals surface area contributed by atoms with Crippen LogP contribution >= 0.6 is 0 Å². The van der Waals surface area contributed by atoms with Crippen LogP contribution in [0.15, 0.2) is 273 Å². The minimum atomic E-state index is 0.617. The summed E-state index contributed by atoms with van der Waals surface area (Å²) in [6.07, 6.45) is 0. The second-order valence-electron chi connectivity index (χ2n) is 20.1. The van der Waals surface area contributed by atoms with Gasteiger partial charge in [0.05, 0.1) is 44.5 Å². The molecule has 0 bridgehead atoms. The van der Waals surface area contributed by atoms with Gasteiger partial charge in [-0.2, -0.15) is 0 Å². The van der Waals surface area contributed by atoms with E-state index in [2.05, 4.69) is 287 Å². The summed E-state index contributed by atoms with van der Waals surface area (Å²) < 4.78 is 7.18. The second kappa shape index (κ2) is 17.1. The number of aromatic nitrogens is 5. The van der Waals surface area contributed by atoms with E-state index in [0.29, 0.717) is 5.95 Å². The van der Waals surface area contributed by atoms with Crippen LogP contribution in [0.3, 0.4) is 0 Å². The Labute approximate surface area is 443 Å². The Morgan fingerprint density at radius 3 is 1.26 bits per heavy atom. The number of rotatable bonds is 7. The lowest BCUT2D eigenvalue weighted by Gasteiger charge is -2.14. The van der Waals surface area contributed by atoms with Crippen molar-refractivity contribution in [3.05, 3.63) is 273 Å². The largest absolute Gasteiger partial charge is 0.309 e. The van der Waals surface area contributed by atoms with Crippen LogP contribution in [0.2, 0.25) is 0 Å². The average molecular weight is 980 g/mol. The molecule has 5 nitrogen and oxygen atoms in total. The third-order valence-electron chi connectivity index (χ3n) is 15.9. The zero-order chi connectivity index (χ0) is 50.6. The minimum Gasteiger partial charge on any atom is -0.309 e. The predicted molar refractivity (Wildman–Crippen MR) is 322 cm³/mol. The van der Waals surface area contributed by atoms with Crippen LogP contribution in [0.4, 0.5) is 0 Å². The van der Waals surface area contributed by atoms with E-state index in [9.17, 15) is 0 Å². The van der Waals surface area contributed by atoms with Gasteiger partial charge in [-0.25, -0.2) is 9.97 Å². The molecule has 0 saturated carbocycles. The Bertz CT molecular complexity index is 4930. The van der Waals surface area contributed by atoms with Crippen molar-refractivity contribution in [1.29, 1.82) is 0 Å². The van der Waals surface area contributed by atoms with Crippen LogP contribution in [0.1, 0.15) is 0 Å². The Kier molecular flexibility index (Phi) is 9.57. The predicted octanol–water partition coefficient (Wildman–Crippen LogP) is 18.7. The molecule has 0 saturated heterocycles. The van der Waals surface area contributed by atoms with Crippen LogP contribution in [0.25, 0.3) is 149 Å². The molecule has 0 aliphatic heterocycles. The molecule has 358 valence electrons. The zero-order valence-corrected chi connectivity index (χ0v) is 41.7. The lowest BCUT2D eigenvalue weighted by Crippen LogP contribution is -2.04. The van der Waals surface area contributed by atoms with Crippen LogP contribution in [0, 0.1) is 0 Å². The van der Waals surface area contributed by atoms with E-state index in [0.717, 1.165) is 77.5 Å². The van der Waals surface area contributed by atoms with E-state index in [-0.39, 0.29) is 0 Å². The SMILES string of the molecule is c1ccc(-c2ccc(-c3cccc(-n4c5ccccc5c5c6c7ccccc7n(-c7ccc8c9ccccc9n(-c9nc(-c%10cccc%11ccccc%10%11)cc(-c%10cccc%11ccccc%10%11)n9)c8c7)c6ccc54)c3)cc2)cc1. The maximum atomic E-state index is 5.56. The summed E-state index contributed by atoms with van der Waals surface area (Å²) in [6.45, 7) is 0. The van der Waals surface area contributed by atoms with Gasteiger partial charge in [0.1, 0.15) is 0 Å². The molecule has 0 aliphatic carbocycles. The van der Waals surface area contributed by atoms with Gasteiger partial charge < -0.3 is 9.13 Å². The van der Waals surface area contributed by atoms with E-state index in [1.54, 1.807) is 0 Å². The van der Waals surface area contributed by atoms with Crippen molar-refractivity contribution in [3.63, 3.8) is 0 Å². The number of nitrogens with zero attached hydrogens (tertiary/aromatic N) is 5. The van der Waals surface area contributed by atoms with E-state index in [4.69, 9.17) is 9.97 Å². The maximum Gasteiger partial charge on any atom is 0.235 e. The maximum absolute atomic E-state index is 5.56. The fourth-order valence-electron chi connectivity index (χ4n) is 12.4. The average Bonchev–Trinajstić information content (AvgIpc) is 4.36. The summed E-state index contributed by atoms with van der Waals surface area (Å²) in [5.41, 5.74) is 17.5. The monoisotopic (exact) mass is 979 g/mol. The topological polar surface area (TPSA) is 40.6 Å². The first-order valence-electron chi connectivity index (χ1n) is 26.3. The lowest BCUT2D eigenvalue weighted by molar-refractivity contribution is 0.995. The second-order valence-corrected chi connectivity index (χ2v) is 20.1. The molecule has 0 N–H and O–H groups in total. The summed E-state index contributed by atoms with van der Waals surface area (Å²) >= 11 is 0. The van der Waals surface area contributed by atoms with E-state index in [1.807, 2.05) is 0 Å². The molecule has 16 aromatic rings. The van der Waals surface area contributed by atoms with Crippen LogP contribution < -0.4 is 0 Å². The standard InChI is InChI=1S/C72H45N5/c1-2-17-46(18-3-1)47-35-37-48(38-36-47)51-23-14-24-52(43-51)75-65-33-12-9-28-60(65)70-67(75)41-42-68-71(70)61-29-10-13-34-66(61)76(68)53-39-40-59-58-27-8-11-32-64(58)77(69(59)44-53)72-73-62(56-30-15-21-49-19-4-6-25-54(49)56)45-63(74-72)57-31-16-22-50-20-5-7-26-55(50)57/h1-45H. The molecule has 0 unspecified atom stereocenters. The molecular formula is C72H45N5. The van der Waals surface area contributed by atoms with Gasteiger partial charge in [0, 0.05) is 54.8 Å². The molecule has 0 amide bonds. The Balaban J connectivity index is 0.906. The molecule has 4 aromatic heterocycles. The minimum absolute atomic E-state index is 0.617. The number of para-hydroxylation sites is 3. The van der Waals surface area contributed by atoms with E-state index < -0.39 is 0 Å². The van der Waals surface area contributed by atoms with Gasteiger partial charge in [-0.3, -0.25) is 4.57 Å².